The molecule has 1 saturated heterocycles. The van der Waals surface area contributed by atoms with E-state index >= 15 is 0 Å². The lowest BCUT2D eigenvalue weighted by molar-refractivity contribution is 0.0428. The fourth-order valence-corrected chi connectivity index (χ4v) is 2.95. The topological polar surface area (TPSA) is 35.5 Å². The summed E-state index contributed by atoms with van der Waals surface area (Å²) < 4.78 is 0. The first-order valence-electron chi connectivity index (χ1n) is 6.84. The lowest BCUT2D eigenvalue weighted by atomic mass is 9.82. The van der Waals surface area contributed by atoms with E-state index in [2.05, 4.69) is 17.3 Å². The Kier molecular flexibility index (Phi) is 4.62. The SMILES string of the molecule is CN1CCCCC1CCNCC1CC(O)C1. The quantitative estimate of drug-likeness (QED) is 0.692. The number of rotatable bonds is 5. The smallest absolute Gasteiger partial charge is 0.0546 e. The summed E-state index contributed by atoms with van der Waals surface area (Å²) in [7, 11) is 2.26. The summed E-state index contributed by atoms with van der Waals surface area (Å²) in [5.41, 5.74) is 0. The molecule has 1 heterocycles. The molecular formula is C13H26N2O. The van der Waals surface area contributed by atoms with E-state index in [9.17, 15) is 5.11 Å². The number of nitrogens with zero attached hydrogens (tertiary/aromatic N) is 1. The molecule has 1 unspecified atom stereocenters. The summed E-state index contributed by atoms with van der Waals surface area (Å²) in [6.45, 7) is 3.52. The Morgan fingerprint density at radius 3 is 2.81 bits per heavy atom. The average Bonchev–Trinajstić information content (AvgIpc) is 2.23. The van der Waals surface area contributed by atoms with Crippen LogP contribution in [0.1, 0.15) is 38.5 Å². The first-order valence-corrected chi connectivity index (χ1v) is 6.84. The third-order valence-corrected chi connectivity index (χ3v) is 4.22. The van der Waals surface area contributed by atoms with E-state index in [1.54, 1.807) is 0 Å². The van der Waals surface area contributed by atoms with E-state index in [-0.39, 0.29) is 6.10 Å². The standard InChI is InChI=1S/C13H26N2O/c1-15-7-3-2-4-12(15)5-6-14-10-11-8-13(16)9-11/h11-14,16H,2-10H2,1H3. The zero-order valence-corrected chi connectivity index (χ0v) is 10.5. The van der Waals surface area contributed by atoms with Gasteiger partial charge in [-0.05, 0) is 64.7 Å². The zero-order valence-electron chi connectivity index (χ0n) is 10.5. The number of likely N-dealkylation sites (tertiary alicyclic amines) is 1. The summed E-state index contributed by atoms with van der Waals surface area (Å²) >= 11 is 0. The number of aliphatic hydroxyl groups is 1. The molecule has 1 aliphatic heterocycles. The van der Waals surface area contributed by atoms with E-state index in [1.807, 2.05) is 0 Å². The molecule has 2 rings (SSSR count). The van der Waals surface area contributed by atoms with Gasteiger partial charge in [-0.2, -0.15) is 0 Å². The van der Waals surface area contributed by atoms with Crippen LogP contribution in [0.4, 0.5) is 0 Å². The molecule has 94 valence electrons. The van der Waals surface area contributed by atoms with Crippen molar-refractivity contribution in [3.05, 3.63) is 0 Å². The molecule has 3 nitrogen and oxygen atoms in total. The van der Waals surface area contributed by atoms with Crippen LogP contribution in [0.25, 0.3) is 0 Å². The molecule has 16 heavy (non-hydrogen) atoms. The highest BCUT2D eigenvalue weighted by atomic mass is 16.3. The number of piperidine rings is 1. The van der Waals surface area contributed by atoms with Crippen LogP contribution in [0, 0.1) is 5.92 Å². The van der Waals surface area contributed by atoms with Crippen LogP contribution in [0.5, 0.6) is 0 Å². The van der Waals surface area contributed by atoms with E-state index in [4.69, 9.17) is 0 Å². The Morgan fingerprint density at radius 1 is 1.31 bits per heavy atom. The first kappa shape index (κ1) is 12.3. The van der Waals surface area contributed by atoms with Gasteiger partial charge in [0.1, 0.15) is 0 Å². The fourth-order valence-electron chi connectivity index (χ4n) is 2.95. The van der Waals surface area contributed by atoms with Crippen LogP contribution < -0.4 is 5.32 Å². The highest BCUT2D eigenvalue weighted by Gasteiger charge is 2.26. The molecule has 2 N–H and O–H groups in total. The highest BCUT2D eigenvalue weighted by Crippen LogP contribution is 2.26. The van der Waals surface area contributed by atoms with Crippen molar-refractivity contribution in [2.75, 3.05) is 26.7 Å². The molecule has 0 aromatic heterocycles. The van der Waals surface area contributed by atoms with Crippen molar-refractivity contribution < 1.29 is 5.11 Å². The van der Waals surface area contributed by atoms with Crippen molar-refractivity contribution in [3.63, 3.8) is 0 Å². The minimum absolute atomic E-state index is 0.00345. The maximum Gasteiger partial charge on any atom is 0.0546 e. The van der Waals surface area contributed by atoms with Crippen LogP contribution in [0.15, 0.2) is 0 Å². The van der Waals surface area contributed by atoms with Crippen LogP contribution in [0.3, 0.4) is 0 Å². The molecule has 0 radical (unpaired) electrons. The number of hydrogen-bond donors (Lipinski definition) is 2. The Balaban J connectivity index is 1.50. The van der Waals surface area contributed by atoms with Gasteiger partial charge in [-0.25, -0.2) is 0 Å². The van der Waals surface area contributed by atoms with Crippen molar-refractivity contribution in [1.29, 1.82) is 0 Å². The van der Waals surface area contributed by atoms with Gasteiger partial charge in [0.15, 0.2) is 0 Å². The largest absolute Gasteiger partial charge is 0.393 e. The second-order valence-corrected chi connectivity index (χ2v) is 5.61. The predicted molar refractivity (Wildman–Crippen MR) is 66.5 cm³/mol. The van der Waals surface area contributed by atoms with Crippen molar-refractivity contribution in [2.45, 2.75) is 50.7 Å². The minimum Gasteiger partial charge on any atom is -0.393 e. The van der Waals surface area contributed by atoms with Gasteiger partial charge in [-0.3, -0.25) is 0 Å². The molecule has 0 spiro atoms. The van der Waals surface area contributed by atoms with Gasteiger partial charge in [-0.15, -0.1) is 0 Å². The normalized spacial score (nSPS) is 36.0. The van der Waals surface area contributed by atoms with Gasteiger partial charge in [0.25, 0.3) is 0 Å². The Morgan fingerprint density at radius 2 is 2.12 bits per heavy atom. The summed E-state index contributed by atoms with van der Waals surface area (Å²) in [5.74, 6) is 0.735. The molecular weight excluding hydrogens is 200 g/mol. The molecule has 2 aliphatic rings. The Labute approximate surface area is 99.2 Å². The fraction of sp³-hybridized carbons (Fsp3) is 1.00. The molecule has 0 bridgehead atoms. The maximum absolute atomic E-state index is 9.18. The molecule has 2 fully saturated rings. The molecule has 1 saturated carbocycles. The van der Waals surface area contributed by atoms with Crippen molar-refractivity contribution in [1.82, 2.24) is 10.2 Å². The first-order chi connectivity index (χ1) is 7.75. The van der Waals surface area contributed by atoms with Crippen molar-refractivity contribution in [2.24, 2.45) is 5.92 Å². The third kappa shape index (κ3) is 3.44. The average molecular weight is 226 g/mol. The second-order valence-electron chi connectivity index (χ2n) is 5.61. The number of aliphatic hydroxyl groups excluding tert-OH is 1. The van der Waals surface area contributed by atoms with Crippen LogP contribution in [-0.2, 0) is 0 Å². The summed E-state index contributed by atoms with van der Waals surface area (Å²) in [6.07, 6.45) is 7.46. The highest BCUT2D eigenvalue weighted by molar-refractivity contribution is 4.80. The molecule has 0 aromatic rings. The zero-order chi connectivity index (χ0) is 11.4. The molecule has 0 amide bonds. The Hall–Kier alpha value is -0.120. The second kappa shape index (κ2) is 5.99. The molecule has 0 aromatic carbocycles. The van der Waals surface area contributed by atoms with Crippen molar-refractivity contribution in [3.8, 4) is 0 Å². The van der Waals surface area contributed by atoms with Gasteiger partial charge >= 0.3 is 0 Å². The minimum atomic E-state index is -0.00345. The lowest BCUT2D eigenvalue weighted by Gasteiger charge is -2.34. The van der Waals surface area contributed by atoms with Gasteiger partial charge < -0.3 is 15.3 Å². The third-order valence-electron chi connectivity index (χ3n) is 4.22. The molecule has 1 atom stereocenters. The van der Waals surface area contributed by atoms with Gasteiger partial charge in [-0.1, -0.05) is 6.42 Å². The van der Waals surface area contributed by atoms with E-state index in [1.165, 1.54) is 32.2 Å². The van der Waals surface area contributed by atoms with Crippen LogP contribution >= 0.6 is 0 Å². The van der Waals surface area contributed by atoms with E-state index < -0.39 is 0 Å². The monoisotopic (exact) mass is 226 g/mol. The predicted octanol–water partition coefficient (Wildman–Crippen LogP) is 1.22. The van der Waals surface area contributed by atoms with Crippen LogP contribution in [0.2, 0.25) is 0 Å². The number of nitrogens with one attached hydrogen (secondary N) is 1. The maximum atomic E-state index is 9.18. The lowest BCUT2D eigenvalue weighted by Crippen LogP contribution is -2.40. The van der Waals surface area contributed by atoms with Gasteiger partial charge in [0.2, 0.25) is 0 Å². The number of hydrogen-bond acceptors (Lipinski definition) is 3. The molecule has 3 heteroatoms. The van der Waals surface area contributed by atoms with Gasteiger partial charge in [0, 0.05) is 6.04 Å². The summed E-state index contributed by atoms with van der Waals surface area (Å²) in [4.78, 5) is 2.51. The summed E-state index contributed by atoms with van der Waals surface area (Å²) in [6, 6.07) is 0.799. The van der Waals surface area contributed by atoms with E-state index in [0.717, 1.165) is 37.9 Å². The summed E-state index contributed by atoms with van der Waals surface area (Å²) in [5, 5.41) is 12.7. The van der Waals surface area contributed by atoms with Crippen LogP contribution in [-0.4, -0.2) is 48.8 Å². The molecule has 1 aliphatic carbocycles. The van der Waals surface area contributed by atoms with Crippen molar-refractivity contribution >= 4 is 0 Å². The Bertz CT molecular complexity index is 204. The van der Waals surface area contributed by atoms with Gasteiger partial charge in [0.05, 0.1) is 6.10 Å². The van der Waals surface area contributed by atoms with E-state index in [0.29, 0.717) is 0 Å².